The Labute approximate surface area is 56.6 Å². The van der Waals surface area contributed by atoms with Crippen LogP contribution >= 0.6 is 0 Å². The molecule has 5 heteroatoms. The first-order valence-corrected chi connectivity index (χ1v) is 2.74. The molecule has 52 valence electrons. The highest BCUT2D eigenvalue weighted by Crippen LogP contribution is 1.95. The molecule has 1 fully saturated rings. The predicted molar refractivity (Wildman–Crippen MR) is 31.2 cm³/mol. The number of Topliss-reactive ketones (excluding diaryl/α,β-unsaturated/α-hetero) is 1. The van der Waals surface area contributed by atoms with E-state index >= 15 is 0 Å². The van der Waals surface area contributed by atoms with Gasteiger partial charge in [0, 0.05) is 0 Å². The number of hydrogen-bond acceptors (Lipinski definition) is 2. The molecule has 1 amide bonds. The summed E-state index contributed by atoms with van der Waals surface area (Å²) in [7, 11) is 0. The van der Waals surface area contributed by atoms with Crippen molar-refractivity contribution >= 4 is 17.4 Å². The minimum absolute atomic E-state index is 0.410. The Kier molecular flexibility index (Phi) is 1.35. The molecule has 0 radical (unpaired) electrons. The molecule has 0 aromatic carbocycles. The van der Waals surface area contributed by atoms with Crippen molar-refractivity contribution in [3.05, 3.63) is 5.53 Å². The molecular formula is C5H5N3O2. The van der Waals surface area contributed by atoms with Gasteiger partial charge in [-0.3, -0.25) is 9.59 Å². The summed E-state index contributed by atoms with van der Waals surface area (Å²) in [5, 5.41) is 2.29. The van der Waals surface area contributed by atoms with Crippen LogP contribution in [0.15, 0.2) is 0 Å². The number of hydrogen-bond donors (Lipinski definition) is 1. The maximum Gasteiger partial charge on any atom is 0.423 e. The minimum atomic E-state index is -0.611. The molecule has 1 N–H and O–H groups in total. The van der Waals surface area contributed by atoms with E-state index in [0.29, 0.717) is 0 Å². The molecule has 1 saturated heterocycles. The van der Waals surface area contributed by atoms with Crippen LogP contribution in [0.5, 0.6) is 0 Å². The lowest BCUT2D eigenvalue weighted by atomic mass is 10.2. The third-order valence-corrected chi connectivity index (χ3v) is 1.29. The van der Waals surface area contributed by atoms with E-state index in [1.807, 2.05) is 0 Å². The van der Waals surface area contributed by atoms with Gasteiger partial charge in [0.1, 0.15) is 0 Å². The van der Waals surface area contributed by atoms with Crippen molar-refractivity contribution in [1.82, 2.24) is 5.32 Å². The summed E-state index contributed by atoms with van der Waals surface area (Å²) in [6.07, 6.45) is 0. The summed E-state index contributed by atoms with van der Waals surface area (Å²) in [6.45, 7) is 1.53. The molecule has 0 aliphatic carbocycles. The molecule has 0 saturated carbocycles. The van der Waals surface area contributed by atoms with Crippen LogP contribution in [0.25, 0.3) is 5.53 Å². The van der Waals surface area contributed by atoms with E-state index in [0.717, 1.165) is 0 Å². The number of amides is 1. The molecule has 0 aromatic rings. The average Bonchev–Trinajstić information content (AvgIpc) is 2.09. The molecule has 5 nitrogen and oxygen atoms in total. The van der Waals surface area contributed by atoms with E-state index < -0.39 is 23.4 Å². The summed E-state index contributed by atoms with van der Waals surface area (Å²) >= 11 is 0. The van der Waals surface area contributed by atoms with Gasteiger partial charge < -0.3 is 10.8 Å². The van der Waals surface area contributed by atoms with Gasteiger partial charge in [-0.1, -0.05) is 0 Å². The van der Waals surface area contributed by atoms with Crippen LogP contribution in [-0.2, 0) is 9.59 Å². The number of ketones is 1. The highest BCUT2D eigenvalue weighted by Gasteiger charge is 2.41. The highest BCUT2D eigenvalue weighted by molar-refractivity contribution is 6.67. The first-order valence-electron chi connectivity index (χ1n) is 2.74. The quantitative estimate of drug-likeness (QED) is 0.336. The van der Waals surface area contributed by atoms with E-state index in [4.69, 9.17) is 5.53 Å². The van der Waals surface area contributed by atoms with Crippen LogP contribution in [-0.4, -0.2) is 28.2 Å². The lowest BCUT2D eigenvalue weighted by molar-refractivity contribution is -0.119. The summed E-state index contributed by atoms with van der Waals surface area (Å²) in [5.41, 5.74) is 7.72. The molecule has 0 aromatic heterocycles. The van der Waals surface area contributed by atoms with Gasteiger partial charge in [0.05, 0.1) is 6.04 Å². The number of nitrogens with one attached hydrogen (secondary N) is 1. The summed E-state index contributed by atoms with van der Waals surface area (Å²) in [4.78, 5) is 23.9. The summed E-state index contributed by atoms with van der Waals surface area (Å²) in [6, 6.07) is -0.557. The second-order valence-corrected chi connectivity index (χ2v) is 2.01. The van der Waals surface area contributed by atoms with E-state index in [2.05, 4.69) is 10.1 Å². The van der Waals surface area contributed by atoms with E-state index in [9.17, 15) is 9.59 Å². The molecule has 0 spiro atoms. The maximum atomic E-state index is 10.8. The lowest BCUT2D eigenvalue weighted by Crippen LogP contribution is -2.25. The molecule has 10 heavy (non-hydrogen) atoms. The molecular weight excluding hydrogens is 134 g/mol. The smallest absolute Gasteiger partial charge is 0.360 e. The zero-order valence-corrected chi connectivity index (χ0v) is 5.29. The van der Waals surface area contributed by atoms with Crippen molar-refractivity contribution in [2.75, 3.05) is 0 Å². The number of carbonyl (C=O) groups excluding carboxylic acids is 2. The molecule has 0 bridgehead atoms. The van der Waals surface area contributed by atoms with Crippen molar-refractivity contribution in [3.63, 3.8) is 0 Å². The van der Waals surface area contributed by atoms with Crippen molar-refractivity contribution in [3.8, 4) is 0 Å². The van der Waals surface area contributed by atoms with E-state index in [1.165, 1.54) is 6.92 Å². The second-order valence-electron chi connectivity index (χ2n) is 2.01. The number of rotatable bonds is 0. The number of nitrogens with zero attached hydrogens (tertiary/aromatic N) is 2. The Hall–Kier alpha value is -1.48. The van der Waals surface area contributed by atoms with Gasteiger partial charge in [-0.05, 0) is 6.92 Å². The number of carbonyl (C=O) groups is 2. The standard InChI is InChI=1S/C5H5N3O2/c1-2-4(9)3(8-6)5(10)7-2/h2H,1H3,(H,7,10). The maximum absolute atomic E-state index is 10.8. The Morgan fingerprint density at radius 3 is 2.40 bits per heavy atom. The Balaban J connectivity index is 3.07. The Morgan fingerprint density at radius 1 is 1.60 bits per heavy atom. The fraction of sp³-hybridized carbons (Fsp3) is 0.400. The van der Waals surface area contributed by atoms with Gasteiger partial charge in [-0.25, -0.2) is 0 Å². The Morgan fingerprint density at radius 2 is 2.20 bits per heavy atom. The SMILES string of the molecule is CC1NC(=O)C(=[N+]=[N-])C1=O. The summed E-state index contributed by atoms with van der Waals surface area (Å²) in [5.74, 6) is -1.08. The fourth-order valence-electron chi connectivity index (χ4n) is 0.742. The van der Waals surface area contributed by atoms with Gasteiger partial charge in [0.25, 0.3) is 5.78 Å². The molecule has 1 aliphatic heterocycles. The second kappa shape index (κ2) is 2.04. The zero-order chi connectivity index (χ0) is 7.72. The average molecular weight is 139 g/mol. The van der Waals surface area contributed by atoms with E-state index in [-0.39, 0.29) is 0 Å². The van der Waals surface area contributed by atoms with Crippen LogP contribution in [0.2, 0.25) is 0 Å². The fourth-order valence-corrected chi connectivity index (χ4v) is 0.742. The normalized spacial score (nSPS) is 24.5. The highest BCUT2D eigenvalue weighted by atomic mass is 16.2. The van der Waals surface area contributed by atoms with Gasteiger partial charge >= 0.3 is 11.6 Å². The third kappa shape index (κ3) is 0.728. The van der Waals surface area contributed by atoms with Gasteiger partial charge in [0.15, 0.2) is 0 Å². The molecule has 1 rings (SSSR count). The third-order valence-electron chi connectivity index (χ3n) is 1.29. The molecule has 1 unspecified atom stereocenters. The van der Waals surface area contributed by atoms with Crippen LogP contribution in [0, 0.1) is 0 Å². The van der Waals surface area contributed by atoms with Gasteiger partial charge in [0.2, 0.25) is 0 Å². The van der Waals surface area contributed by atoms with Crippen molar-refractivity contribution in [1.29, 1.82) is 0 Å². The van der Waals surface area contributed by atoms with E-state index in [1.54, 1.807) is 0 Å². The van der Waals surface area contributed by atoms with Crippen molar-refractivity contribution in [2.24, 2.45) is 0 Å². The minimum Gasteiger partial charge on any atom is -0.360 e. The van der Waals surface area contributed by atoms with Crippen LogP contribution in [0.4, 0.5) is 0 Å². The molecule has 1 aliphatic rings. The lowest BCUT2D eigenvalue weighted by Gasteiger charge is -1.91. The van der Waals surface area contributed by atoms with Gasteiger partial charge in [-0.2, -0.15) is 4.79 Å². The topological polar surface area (TPSA) is 82.6 Å². The van der Waals surface area contributed by atoms with Crippen LogP contribution in [0.3, 0.4) is 0 Å². The van der Waals surface area contributed by atoms with Crippen molar-refractivity contribution in [2.45, 2.75) is 13.0 Å². The van der Waals surface area contributed by atoms with Gasteiger partial charge in [-0.15, -0.1) is 0 Å². The zero-order valence-electron chi connectivity index (χ0n) is 5.29. The molecule has 1 atom stereocenters. The first-order chi connectivity index (χ1) is 4.66. The largest absolute Gasteiger partial charge is 0.423 e. The first kappa shape index (κ1) is 6.64. The van der Waals surface area contributed by atoms with Crippen LogP contribution < -0.4 is 5.32 Å². The summed E-state index contributed by atoms with van der Waals surface area (Å²) < 4.78 is 0. The molecule has 1 heterocycles. The monoisotopic (exact) mass is 139 g/mol. The van der Waals surface area contributed by atoms with Crippen molar-refractivity contribution < 1.29 is 14.4 Å². The predicted octanol–water partition coefficient (Wildman–Crippen LogP) is -1.26. The van der Waals surface area contributed by atoms with Crippen LogP contribution in [0.1, 0.15) is 6.92 Å². The Bertz CT molecular complexity index is 252.